The van der Waals surface area contributed by atoms with E-state index in [0.29, 0.717) is 6.04 Å². The van der Waals surface area contributed by atoms with Crippen LogP contribution in [0, 0.1) is 6.92 Å². The SMILES string of the molecule is COc1ccc(CCN[C@H](C)c2ccc(C)cc2)cc1. The molecule has 0 bridgehead atoms. The van der Waals surface area contributed by atoms with E-state index in [2.05, 4.69) is 55.6 Å². The average Bonchev–Trinajstić information content (AvgIpc) is 2.48. The third-order valence-electron chi connectivity index (χ3n) is 3.60. The van der Waals surface area contributed by atoms with Crippen molar-refractivity contribution >= 4 is 0 Å². The van der Waals surface area contributed by atoms with Gasteiger partial charge in [-0.15, -0.1) is 0 Å². The van der Waals surface area contributed by atoms with Gasteiger partial charge in [0.25, 0.3) is 0 Å². The van der Waals surface area contributed by atoms with Gasteiger partial charge in [0, 0.05) is 6.04 Å². The number of benzene rings is 2. The molecule has 0 saturated carbocycles. The summed E-state index contributed by atoms with van der Waals surface area (Å²) in [7, 11) is 1.69. The fourth-order valence-corrected chi connectivity index (χ4v) is 2.20. The number of nitrogens with one attached hydrogen (secondary N) is 1. The van der Waals surface area contributed by atoms with Crippen LogP contribution in [0.2, 0.25) is 0 Å². The first-order chi connectivity index (χ1) is 9.69. The second-order valence-corrected chi connectivity index (χ2v) is 5.18. The van der Waals surface area contributed by atoms with Crippen molar-refractivity contribution in [1.29, 1.82) is 0 Å². The van der Waals surface area contributed by atoms with Crippen molar-refractivity contribution in [3.63, 3.8) is 0 Å². The molecule has 1 N–H and O–H groups in total. The van der Waals surface area contributed by atoms with Crippen molar-refractivity contribution in [1.82, 2.24) is 5.32 Å². The summed E-state index contributed by atoms with van der Waals surface area (Å²) in [6, 6.07) is 17.4. The molecular formula is C18H23NO. The van der Waals surface area contributed by atoms with Crippen LogP contribution in [0.5, 0.6) is 5.75 Å². The Morgan fingerprint density at radius 2 is 1.65 bits per heavy atom. The van der Waals surface area contributed by atoms with Crippen molar-refractivity contribution in [3.8, 4) is 5.75 Å². The first-order valence-electron chi connectivity index (χ1n) is 7.12. The molecule has 0 amide bonds. The van der Waals surface area contributed by atoms with Crippen LogP contribution >= 0.6 is 0 Å². The second kappa shape index (κ2) is 7.11. The lowest BCUT2D eigenvalue weighted by Crippen LogP contribution is -2.21. The first kappa shape index (κ1) is 14.6. The van der Waals surface area contributed by atoms with Crippen LogP contribution in [0.3, 0.4) is 0 Å². The van der Waals surface area contributed by atoms with Crippen LogP contribution in [0.25, 0.3) is 0 Å². The molecule has 0 saturated heterocycles. The van der Waals surface area contributed by atoms with Crippen molar-refractivity contribution in [2.24, 2.45) is 0 Å². The van der Waals surface area contributed by atoms with Gasteiger partial charge in [-0.1, -0.05) is 42.0 Å². The Bertz CT molecular complexity index is 516. The van der Waals surface area contributed by atoms with Crippen LogP contribution in [0.1, 0.15) is 29.7 Å². The van der Waals surface area contributed by atoms with E-state index in [1.165, 1.54) is 16.7 Å². The molecule has 0 aliphatic heterocycles. The van der Waals surface area contributed by atoms with Crippen molar-refractivity contribution in [2.45, 2.75) is 26.3 Å². The summed E-state index contributed by atoms with van der Waals surface area (Å²) in [4.78, 5) is 0. The lowest BCUT2D eigenvalue weighted by atomic mass is 10.1. The number of methoxy groups -OCH3 is 1. The minimum Gasteiger partial charge on any atom is -0.497 e. The Balaban J connectivity index is 1.81. The zero-order chi connectivity index (χ0) is 14.4. The quantitative estimate of drug-likeness (QED) is 0.859. The van der Waals surface area contributed by atoms with E-state index in [1.807, 2.05) is 12.1 Å². The Labute approximate surface area is 121 Å². The zero-order valence-electron chi connectivity index (χ0n) is 12.5. The molecule has 2 aromatic carbocycles. The number of hydrogen-bond acceptors (Lipinski definition) is 2. The molecule has 0 heterocycles. The van der Waals surface area contributed by atoms with Crippen LogP contribution in [-0.2, 0) is 6.42 Å². The van der Waals surface area contributed by atoms with E-state index in [4.69, 9.17) is 4.74 Å². The maximum Gasteiger partial charge on any atom is 0.118 e. The molecule has 0 unspecified atom stereocenters. The first-order valence-corrected chi connectivity index (χ1v) is 7.12. The summed E-state index contributed by atoms with van der Waals surface area (Å²) in [5.41, 5.74) is 3.97. The van der Waals surface area contributed by atoms with Gasteiger partial charge in [0.1, 0.15) is 5.75 Å². The summed E-state index contributed by atoms with van der Waals surface area (Å²) in [5.74, 6) is 0.912. The van der Waals surface area contributed by atoms with Gasteiger partial charge in [0.15, 0.2) is 0 Å². The van der Waals surface area contributed by atoms with Crippen molar-refractivity contribution in [2.75, 3.05) is 13.7 Å². The number of hydrogen-bond donors (Lipinski definition) is 1. The van der Waals surface area contributed by atoms with Crippen LogP contribution in [0.4, 0.5) is 0 Å². The van der Waals surface area contributed by atoms with Crippen LogP contribution in [-0.4, -0.2) is 13.7 Å². The lowest BCUT2D eigenvalue weighted by molar-refractivity contribution is 0.414. The molecule has 0 aromatic heterocycles. The Hall–Kier alpha value is -1.80. The van der Waals surface area contributed by atoms with E-state index < -0.39 is 0 Å². The molecule has 1 atom stereocenters. The maximum absolute atomic E-state index is 5.16. The van der Waals surface area contributed by atoms with Gasteiger partial charge in [-0.2, -0.15) is 0 Å². The molecular weight excluding hydrogens is 246 g/mol. The predicted molar refractivity (Wildman–Crippen MR) is 84.3 cm³/mol. The van der Waals surface area contributed by atoms with E-state index >= 15 is 0 Å². The third-order valence-corrected chi connectivity index (χ3v) is 3.60. The number of aryl methyl sites for hydroxylation is 1. The summed E-state index contributed by atoms with van der Waals surface area (Å²) in [6.07, 6.45) is 1.03. The van der Waals surface area contributed by atoms with Crippen molar-refractivity contribution in [3.05, 3.63) is 65.2 Å². The predicted octanol–water partition coefficient (Wildman–Crippen LogP) is 3.90. The fraction of sp³-hybridized carbons (Fsp3) is 0.333. The molecule has 0 fully saturated rings. The molecule has 2 aromatic rings. The average molecular weight is 269 g/mol. The summed E-state index contributed by atoms with van der Waals surface area (Å²) in [5, 5.41) is 3.56. The smallest absolute Gasteiger partial charge is 0.118 e. The topological polar surface area (TPSA) is 21.3 Å². The highest BCUT2D eigenvalue weighted by Gasteiger charge is 2.04. The van der Waals surface area contributed by atoms with E-state index in [1.54, 1.807) is 7.11 Å². The monoisotopic (exact) mass is 269 g/mol. The Morgan fingerprint density at radius 3 is 2.25 bits per heavy atom. The number of rotatable bonds is 6. The molecule has 20 heavy (non-hydrogen) atoms. The zero-order valence-corrected chi connectivity index (χ0v) is 12.5. The van der Waals surface area contributed by atoms with Gasteiger partial charge >= 0.3 is 0 Å². The summed E-state index contributed by atoms with van der Waals surface area (Å²) >= 11 is 0. The van der Waals surface area contributed by atoms with Crippen molar-refractivity contribution < 1.29 is 4.74 Å². The minimum atomic E-state index is 0.383. The molecule has 2 rings (SSSR count). The second-order valence-electron chi connectivity index (χ2n) is 5.18. The third kappa shape index (κ3) is 4.10. The highest BCUT2D eigenvalue weighted by Crippen LogP contribution is 2.14. The van der Waals surface area contributed by atoms with Gasteiger partial charge < -0.3 is 10.1 Å². The molecule has 106 valence electrons. The molecule has 0 aliphatic carbocycles. The normalized spacial score (nSPS) is 12.2. The van der Waals surface area contributed by atoms with Gasteiger partial charge in [-0.25, -0.2) is 0 Å². The van der Waals surface area contributed by atoms with Gasteiger partial charge in [0.05, 0.1) is 7.11 Å². The fourth-order valence-electron chi connectivity index (χ4n) is 2.20. The summed E-state index contributed by atoms with van der Waals surface area (Å²) in [6.45, 7) is 5.30. The Kier molecular flexibility index (Phi) is 5.19. The molecule has 0 spiro atoms. The summed E-state index contributed by atoms with van der Waals surface area (Å²) < 4.78 is 5.16. The van der Waals surface area contributed by atoms with Gasteiger partial charge in [0.2, 0.25) is 0 Å². The van der Waals surface area contributed by atoms with Crippen LogP contribution < -0.4 is 10.1 Å². The molecule has 0 aliphatic rings. The van der Waals surface area contributed by atoms with Gasteiger partial charge in [-0.3, -0.25) is 0 Å². The maximum atomic E-state index is 5.16. The molecule has 0 radical (unpaired) electrons. The minimum absolute atomic E-state index is 0.383. The van der Waals surface area contributed by atoms with E-state index in [-0.39, 0.29) is 0 Å². The van der Waals surface area contributed by atoms with Gasteiger partial charge in [-0.05, 0) is 50.1 Å². The Morgan fingerprint density at radius 1 is 1.00 bits per heavy atom. The number of ether oxygens (including phenoxy) is 1. The van der Waals surface area contributed by atoms with Crippen LogP contribution in [0.15, 0.2) is 48.5 Å². The molecule has 2 nitrogen and oxygen atoms in total. The largest absolute Gasteiger partial charge is 0.497 e. The van der Waals surface area contributed by atoms with E-state index in [0.717, 1.165) is 18.7 Å². The standard InChI is InChI=1S/C18H23NO/c1-14-4-8-17(9-5-14)15(2)19-13-12-16-6-10-18(20-3)11-7-16/h4-11,15,19H,12-13H2,1-3H3/t15-/m1/s1. The molecule has 2 heteroatoms. The van der Waals surface area contributed by atoms with E-state index in [9.17, 15) is 0 Å². The lowest BCUT2D eigenvalue weighted by Gasteiger charge is -2.14. The highest BCUT2D eigenvalue weighted by molar-refractivity contribution is 5.27. The highest BCUT2D eigenvalue weighted by atomic mass is 16.5.